The van der Waals surface area contributed by atoms with Crippen LogP contribution in [0.2, 0.25) is 5.02 Å². The first-order chi connectivity index (χ1) is 12.2. The Morgan fingerprint density at radius 1 is 1.23 bits per heavy atom. The van der Waals surface area contributed by atoms with Crippen LogP contribution in [0.4, 0.5) is 0 Å². The lowest BCUT2D eigenvalue weighted by Crippen LogP contribution is -2.28. The molecule has 0 fully saturated rings. The number of hydrogen-bond acceptors (Lipinski definition) is 4. The second-order valence-electron chi connectivity index (χ2n) is 7.08. The lowest BCUT2D eigenvalue weighted by Gasteiger charge is -2.27. The first-order valence-corrected chi connectivity index (χ1v) is 9.47. The smallest absolute Gasteiger partial charge is 0.337 e. The third-order valence-corrected chi connectivity index (χ3v) is 4.99. The SMILES string of the molecule is Cc1nc2sccc2c(-c2ccc(Cl)cc2)c1[C@H](OC(C)(C)C)C(=O)O. The lowest BCUT2D eigenvalue weighted by molar-refractivity contribution is -0.160. The average molecular weight is 390 g/mol. The Bertz CT molecular complexity index is 958. The topological polar surface area (TPSA) is 59.4 Å². The summed E-state index contributed by atoms with van der Waals surface area (Å²) in [4.78, 5) is 17.6. The Kier molecular flexibility index (Phi) is 5.06. The van der Waals surface area contributed by atoms with E-state index in [9.17, 15) is 9.90 Å². The van der Waals surface area contributed by atoms with E-state index in [-0.39, 0.29) is 0 Å². The fraction of sp³-hybridized carbons (Fsp3) is 0.300. The molecule has 26 heavy (non-hydrogen) atoms. The Labute approximate surface area is 161 Å². The number of fused-ring (bicyclic) bond motifs is 1. The van der Waals surface area contributed by atoms with Crippen LogP contribution < -0.4 is 0 Å². The summed E-state index contributed by atoms with van der Waals surface area (Å²) < 4.78 is 5.92. The summed E-state index contributed by atoms with van der Waals surface area (Å²) in [6, 6.07) is 9.36. The second-order valence-corrected chi connectivity index (χ2v) is 8.41. The molecule has 3 aromatic rings. The highest BCUT2D eigenvalue weighted by atomic mass is 35.5. The summed E-state index contributed by atoms with van der Waals surface area (Å²) in [6.07, 6.45) is -1.11. The van der Waals surface area contributed by atoms with Gasteiger partial charge < -0.3 is 9.84 Å². The number of aromatic nitrogens is 1. The number of halogens is 1. The van der Waals surface area contributed by atoms with Crippen LogP contribution in [-0.2, 0) is 9.53 Å². The molecule has 1 N–H and O–H groups in total. The second kappa shape index (κ2) is 6.99. The van der Waals surface area contributed by atoms with Gasteiger partial charge >= 0.3 is 5.97 Å². The summed E-state index contributed by atoms with van der Waals surface area (Å²) >= 11 is 7.57. The van der Waals surface area contributed by atoms with E-state index in [2.05, 4.69) is 4.98 Å². The minimum absolute atomic E-state index is 0.584. The number of thiophene rings is 1. The summed E-state index contributed by atoms with van der Waals surface area (Å²) in [6.45, 7) is 7.36. The zero-order valence-corrected chi connectivity index (χ0v) is 16.6. The predicted molar refractivity (Wildman–Crippen MR) is 106 cm³/mol. The largest absolute Gasteiger partial charge is 0.479 e. The normalized spacial score (nSPS) is 13.1. The standard InChI is InChI=1S/C20H20ClNO3S/c1-11-15(17(19(23)24)25-20(2,3)4)16(12-5-7-13(21)8-6-12)14-9-10-26-18(14)22-11/h5-10,17H,1-4H3,(H,23,24)/t17-/m0/s1. The molecule has 0 unspecified atom stereocenters. The fourth-order valence-corrected chi connectivity index (χ4v) is 3.90. The van der Waals surface area contributed by atoms with Gasteiger partial charge in [-0.3, -0.25) is 0 Å². The molecule has 0 aliphatic heterocycles. The zero-order valence-electron chi connectivity index (χ0n) is 15.0. The molecular weight excluding hydrogens is 370 g/mol. The van der Waals surface area contributed by atoms with E-state index in [1.54, 1.807) is 12.1 Å². The van der Waals surface area contributed by atoms with Crippen molar-refractivity contribution in [3.63, 3.8) is 0 Å². The van der Waals surface area contributed by atoms with Gasteiger partial charge in [-0.05, 0) is 56.8 Å². The van der Waals surface area contributed by atoms with Crippen LogP contribution in [0.1, 0.15) is 38.1 Å². The summed E-state index contributed by atoms with van der Waals surface area (Å²) in [5.41, 5.74) is 2.35. The number of benzene rings is 1. The number of carbonyl (C=O) groups is 1. The molecule has 0 bridgehead atoms. The van der Waals surface area contributed by atoms with Crippen molar-refractivity contribution in [3.05, 3.63) is 52.0 Å². The van der Waals surface area contributed by atoms with Gasteiger partial charge in [0.25, 0.3) is 0 Å². The van der Waals surface area contributed by atoms with Gasteiger partial charge in [0.15, 0.2) is 6.10 Å². The van der Waals surface area contributed by atoms with Crippen molar-refractivity contribution < 1.29 is 14.6 Å². The van der Waals surface area contributed by atoms with Gasteiger partial charge in [-0.15, -0.1) is 11.3 Å². The highest BCUT2D eigenvalue weighted by molar-refractivity contribution is 7.16. The molecule has 0 aliphatic carbocycles. The van der Waals surface area contributed by atoms with Crippen LogP contribution in [-0.4, -0.2) is 21.7 Å². The monoisotopic (exact) mass is 389 g/mol. The van der Waals surface area contributed by atoms with E-state index in [0.29, 0.717) is 16.3 Å². The van der Waals surface area contributed by atoms with Crippen LogP contribution in [0, 0.1) is 6.92 Å². The maximum absolute atomic E-state index is 12.1. The average Bonchev–Trinajstić information content (AvgIpc) is 2.99. The van der Waals surface area contributed by atoms with Gasteiger partial charge in [0.1, 0.15) is 4.83 Å². The van der Waals surface area contributed by atoms with Crippen molar-refractivity contribution in [2.45, 2.75) is 39.4 Å². The molecule has 0 saturated heterocycles. The van der Waals surface area contributed by atoms with E-state index in [4.69, 9.17) is 16.3 Å². The summed E-state index contributed by atoms with van der Waals surface area (Å²) in [7, 11) is 0. The number of aliphatic carboxylic acids is 1. The van der Waals surface area contributed by atoms with Crippen molar-refractivity contribution >= 4 is 39.1 Å². The molecule has 2 aromatic heterocycles. The van der Waals surface area contributed by atoms with E-state index < -0.39 is 17.7 Å². The molecule has 1 atom stereocenters. The fourth-order valence-electron chi connectivity index (χ4n) is 2.95. The molecule has 0 amide bonds. The summed E-state index contributed by atoms with van der Waals surface area (Å²) in [5.74, 6) is -1.03. The molecule has 3 rings (SSSR count). The molecule has 1 aromatic carbocycles. The summed E-state index contributed by atoms with van der Waals surface area (Å²) in [5, 5.41) is 13.4. The number of pyridine rings is 1. The van der Waals surface area contributed by atoms with E-state index >= 15 is 0 Å². The number of carboxylic acids is 1. The van der Waals surface area contributed by atoms with E-state index in [0.717, 1.165) is 21.3 Å². The van der Waals surface area contributed by atoms with Crippen molar-refractivity contribution in [2.75, 3.05) is 0 Å². The van der Waals surface area contributed by atoms with Gasteiger partial charge in [0.2, 0.25) is 0 Å². The van der Waals surface area contributed by atoms with Crippen molar-refractivity contribution in [1.82, 2.24) is 4.98 Å². The zero-order chi connectivity index (χ0) is 19.1. The molecule has 136 valence electrons. The van der Waals surface area contributed by atoms with Crippen LogP contribution in [0.5, 0.6) is 0 Å². The Balaban J connectivity index is 2.33. The molecule has 2 heterocycles. The molecule has 0 spiro atoms. The van der Waals surface area contributed by atoms with Crippen LogP contribution >= 0.6 is 22.9 Å². The quantitative estimate of drug-likeness (QED) is 0.606. The van der Waals surface area contributed by atoms with Crippen LogP contribution in [0.3, 0.4) is 0 Å². The van der Waals surface area contributed by atoms with Crippen LogP contribution in [0.25, 0.3) is 21.3 Å². The Hall–Kier alpha value is -1.95. The third-order valence-electron chi connectivity index (χ3n) is 3.93. The van der Waals surface area contributed by atoms with Crippen molar-refractivity contribution in [1.29, 1.82) is 0 Å². The van der Waals surface area contributed by atoms with Gasteiger partial charge in [-0.25, -0.2) is 9.78 Å². The third kappa shape index (κ3) is 3.75. The van der Waals surface area contributed by atoms with Crippen molar-refractivity contribution in [2.24, 2.45) is 0 Å². The molecular formula is C20H20ClNO3S. The molecule has 0 radical (unpaired) electrons. The first kappa shape index (κ1) is 18.8. The Morgan fingerprint density at radius 2 is 1.88 bits per heavy atom. The minimum atomic E-state index is -1.11. The van der Waals surface area contributed by atoms with Gasteiger partial charge in [0, 0.05) is 27.2 Å². The van der Waals surface area contributed by atoms with E-state index in [1.807, 2.05) is 51.3 Å². The molecule has 6 heteroatoms. The lowest BCUT2D eigenvalue weighted by atomic mass is 9.92. The van der Waals surface area contributed by atoms with Gasteiger partial charge in [0.05, 0.1) is 5.60 Å². The van der Waals surface area contributed by atoms with Crippen molar-refractivity contribution in [3.8, 4) is 11.1 Å². The number of carboxylic acid groups (broad SMARTS) is 1. The van der Waals surface area contributed by atoms with Gasteiger partial charge in [-0.1, -0.05) is 23.7 Å². The molecule has 0 saturated carbocycles. The predicted octanol–water partition coefficient (Wildman–Crippen LogP) is 5.87. The maximum atomic E-state index is 12.1. The number of rotatable bonds is 4. The highest BCUT2D eigenvalue weighted by Gasteiger charge is 2.32. The number of hydrogen-bond donors (Lipinski definition) is 1. The maximum Gasteiger partial charge on any atom is 0.337 e. The highest BCUT2D eigenvalue weighted by Crippen LogP contribution is 2.40. The Morgan fingerprint density at radius 3 is 2.46 bits per heavy atom. The van der Waals surface area contributed by atoms with Gasteiger partial charge in [-0.2, -0.15) is 0 Å². The van der Waals surface area contributed by atoms with Crippen LogP contribution in [0.15, 0.2) is 35.7 Å². The first-order valence-electron chi connectivity index (χ1n) is 8.21. The van der Waals surface area contributed by atoms with E-state index in [1.165, 1.54) is 11.3 Å². The number of nitrogens with zero attached hydrogens (tertiary/aromatic N) is 1. The molecule has 0 aliphatic rings. The number of ether oxygens (including phenoxy) is 1. The minimum Gasteiger partial charge on any atom is -0.479 e. The molecule has 4 nitrogen and oxygen atoms in total. The number of aryl methyl sites for hydroxylation is 1.